The highest BCUT2D eigenvalue weighted by Crippen LogP contribution is 2.50. The first-order valence-electron chi connectivity index (χ1n) is 16.5. The molecule has 220 valence electrons. The Kier molecular flexibility index (Phi) is 13.1. The number of Topliss-reactive ketones (excluding diaryl/α,β-unsaturated/α-hetero) is 2. The van der Waals surface area contributed by atoms with Gasteiger partial charge in [-0.3, -0.25) is 9.59 Å². The van der Waals surface area contributed by atoms with E-state index in [1.807, 2.05) is 0 Å². The molecular formula is C38H56O2. The monoisotopic (exact) mass is 544 g/mol. The van der Waals surface area contributed by atoms with Crippen LogP contribution in [0, 0.1) is 11.8 Å². The minimum absolute atomic E-state index is 0.0398. The Hall–Kier alpha value is -2.22. The van der Waals surface area contributed by atoms with E-state index in [2.05, 4.69) is 90.1 Å². The summed E-state index contributed by atoms with van der Waals surface area (Å²) in [6, 6.07) is 17.7. The third-order valence-electron chi connectivity index (χ3n) is 9.38. The summed E-state index contributed by atoms with van der Waals surface area (Å²) in [7, 11) is 0. The van der Waals surface area contributed by atoms with Crippen molar-refractivity contribution in [3.8, 4) is 0 Å². The van der Waals surface area contributed by atoms with Crippen molar-refractivity contribution in [2.45, 2.75) is 142 Å². The second-order valence-corrected chi connectivity index (χ2v) is 13.1. The number of unbranched alkanes of at least 4 members (excludes halogenated alkanes) is 7. The highest BCUT2D eigenvalue weighted by Gasteiger charge is 2.47. The Balaban J connectivity index is 2.02. The van der Waals surface area contributed by atoms with E-state index in [4.69, 9.17) is 0 Å². The van der Waals surface area contributed by atoms with E-state index in [0.29, 0.717) is 36.2 Å². The zero-order chi connectivity index (χ0) is 29.1. The lowest BCUT2D eigenvalue weighted by Crippen LogP contribution is -2.42. The van der Waals surface area contributed by atoms with E-state index in [0.717, 1.165) is 37.7 Å². The Morgan fingerprint density at radius 2 is 1.20 bits per heavy atom. The summed E-state index contributed by atoms with van der Waals surface area (Å²) in [5.41, 5.74) is 4.96. The summed E-state index contributed by atoms with van der Waals surface area (Å²) < 4.78 is 0. The van der Waals surface area contributed by atoms with Crippen LogP contribution in [0.25, 0.3) is 0 Å². The van der Waals surface area contributed by atoms with Crippen LogP contribution in [0.15, 0.2) is 48.5 Å². The lowest BCUT2D eigenvalue weighted by molar-refractivity contribution is -0.133. The molecule has 3 rings (SSSR count). The molecule has 1 saturated carbocycles. The smallest absolute Gasteiger partial charge is 0.137 e. The van der Waals surface area contributed by atoms with Gasteiger partial charge in [0.25, 0.3) is 0 Å². The normalized spacial score (nSPS) is 21.4. The van der Waals surface area contributed by atoms with E-state index < -0.39 is 0 Å². The van der Waals surface area contributed by atoms with Gasteiger partial charge in [0.15, 0.2) is 0 Å². The van der Waals surface area contributed by atoms with Gasteiger partial charge in [-0.15, -0.1) is 0 Å². The fraction of sp³-hybridized carbons (Fsp3) is 0.632. The average Bonchev–Trinajstić information content (AvgIpc) is 2.95. The molecule has 0 amide bonds. The molecule has 0 bridgehead atoms. The summed E-state index contributed by atoms with van der Waals surface area (Å²) in [4.78, 5) is 28.2. The van der Waals surface area contributed by atoms with Gasteiger partial charge in [-0.1, -0.05) is 141 Å². The minimum atomic E-state index is -0.144. The Labute approximate surface area is 245 Å². The molecule has 1 fully saturated rings. The Morgan fingerprint density at radius 1 is 0.700 bits per heavy atom. The van der Waals surface area contributed by atoms with Crippen molar-refractivity contribution < 1.29 is 9.59 Å². The summed E-state index contributed by atoms with van der Waals surface area (Å²) in [6.07, 6.45) is 12.4. The molecule has 0 saturated heterocycles. The van der Waals surface area contributed by atoms with Gasteiger partial charge < -0.3 is 0 Å². The first-order chi connectivity index (χ1) is 19.3. The standard InChI is InChI=1S/C38H56O2/c1-7-9-11-13-15-17-35(39)38-34(31-22-18-29(19-23-31)27(3)4)26-36(40)33(16-14-12-10-8-2)37(38)32-24-20-30(21-25-32)28(5)6/h18-25,27-28,33-34,37-38H,7-17,26H2,1-6H3/t33-,34+,37-,38+/m0/s1. The van der Waals surface area contributed by atoms with Crippen molar-refractivity contribution in [3.05, 3.63) is 70.8 Å². The molecule has 0 radical (unpaired) electrons. The second-order valence-electron chi connectivity index (χ2n) is 13.1. The molecule has 0 unspecified atom stereocenters. The van der Waals surface area contributed by atoms with Gasteiger partial charge >= 0.3 is 0 Å². The lowest BCUT2D eigenvalue weighted by Gasteiger charge is -2.42. The van der Waals surface area contributed by atoms with Crippen molar-refractivity contribution >= 4 is 11.6 Å². The van der Waals surface area contributed by atoms with Gasteiger partial charge in [0.05, 0.1) is 0 Å². The molecule has 4 atom stereocenters. The molecule has 1 aliphatic carbocycles. The minimum Gasteiger partial charge on any atom is -0.299 e. The predicted molar refractivity (Wildman–Crippen MR) is 170 cm³/mol. The molecule has 0 aliphatic heterocycles. The van der Waals surface area contributed by atoms with Crippen LogP contribution >= 0.6 is 0 Å². The van der Waals surface area contributed by atoms with Crippen LogP contribution in [0.5, 0.6) is 0 Å². The molecule has 1 aliphatic rings. The summed E-state index contributed by atoms with van der Waals surface area (Å²) in [5, 5.41) is 0. The summed E-state index contributed by atoms with van der Waals surface area (Å²) >= 11 is 0. The highest BCUT2D eigenvalue weighted by atomic mass is 16.1. The van der Waals surface area contributed by atoms with Crippen LogP contribution in [0.1, 0.15) is 165 Å². The number of hydrogen-bond acceptors (Lipinski definition) is 2. The van der Waals surface area contributed by atoms with Crippen molar-refractivity contribution in [3.63, 3.8) is 0 Å². The highest BCUT2D eigenvalue weighted by molar-refractivity contribution is 5.90. The van der Waals surface area contributed by atoms with Crippen molar-refractivity contribution in [2.24, 2.45) is 11.8 Å². The number of ketones is 2. The third-order valence-corrected chi connectivity index (χ3v) is 9.38. The largest absolute Gasteiger partial charge is 0.299 e. The average molecular weight is 545 g/mol. The van der Waals surface area contributed by atoms with E-state index in [-0.39, 0.29) is 23.7 Å². The topological polar surface area (TPSA) is 34.1 Å². The van der Waals surface area contributed by atoms with E-state index >= 15 is 0 Å². The van der Waals surface area contributed by atoms with Gasteiger partial charge in [0.2, 0.25) is 0 Å². The molecule has 2 aromatic carbocycles. The fourth-order valence-corrected chi connectivity index (χ4v) is 6.82. The predicted octanol–water partition coefficient (Wildman–Crippen LogP) is 10.9. The lowest BCUT2D eigenvalue weighted by atomic mass is 9.59. The van der Waals surface area contributed by atoms with Crippen LogP contribution in [-0.4, -0.2) is 11.6 Å². The van der Waals surface area contributed by atoms with Crippen LogP contribution in [0.4, 0.5) is 0 Å². The van der Waals surface area contributed by atoms with Gasteiger partial charge in [-0.2, -0.15) is 0 Å². The SMILES string of the molecule is CCCCCCCC(=O)[C@@H]1[C@@H](c2ccc(C(C)C)cc2)[C@@H](CCCCCC)C(=O)C[C@@H]1c1ccc(C(C)C)cc1. The maximum atomic E-state index is 14.3. The number of hydrogen-bond donors (Lipinski definition) is 0. The zero-order valence-corrected chi connectivity index (χ0v) is 26.4. The van der Waals surface area contributed by atoms with Crippen molar-refractivity contribution in [1.82, 2.24) is 0 Å². The molecule has 2 aromatic rings. The van der Waals surface area contributed by atoms with E-state index in [9.17, 15) is 9.59 Å². The third kappa shape index (κ3) is 8.64. The maximum Gasteiger partial charge on any atom is 0.137 e. The molecule has 40 heavy (non-hydrogen) atoms. The second kappa shape index (κ2) is 16.3. The van der Waals surface area contributed by atoms with Gasteiger partial charge in [-0.25, -0.2) is 0 Å². The number of carbonyl (C=O) groups excluding carboxylic acids is 2. The number of carbonyl (C=O) groups is 2. The molecular weight excluding hydrogens is 488 g/mol. The summed E-state index contributed by atoms with van der Waals surface area (Å²) in [6.45, 7) is 13.3. The summed E-state index contributed by atoms with van der Waals surface area (Å²) in [5.74, 6) is 1.36. The van der Waals surface area contributed by atoms with Crippen LogP contribution in [0.2, 0.25) is 0 Å². The van der Waals surface area contributed by atoms with E-state index in [1.54, 1.807) is 0 Å². The number of rotatable bonds is 16. The number of benzene rings is 2. The Bertz CT molecular complexity index is 1030. The quantitative estimate of drug-likeness (QED) is 0.197. The van der Waals surface area contributed by atoms with Gasteiger partial charge in [0.1, 0.15) is 11.6 Å². The molecule has 2 nitrogen and oxygen atoms in total. The first kappa shape index (κ1) is 32.3. The maximum absolute atomic E-state index is 14.3. The van der Waals surface area contributed by atoms with Crippen LogP contribution in [-0.2, 0) is 9.59 Å². The molecule has 0 aromatic heterocycles. The van der Waals surface area contributed by atoms with Crippen molar-refractivity contribution in [1.29, 1.82) is 0 Å². The van der Waals surface area contributed by atoms with Gasteiger partial charge in [-0.05, 0) is 46.9 Å². The molecule has 0 heterocycles. The Morgan fingerprint density at radius 3 is 1.73 bits per heavy atom. The molecule has 0 N–H and O–H groups in total. The fourth-order valence-electron chi connectivity index (χ4n) is 6.82. The van der Waals surface area contributed by atoms with Crippen LogP contribution in [0.3, 0.4) is 0 Å². The molecule has 0 spiro atoms. The van der Waals surface area contributed by atoms with Crippen molar-refractivity contribution in [2.75, 3.05) is 0 Å². The van der Waals surface area contributed by atoms with E-state index in [1.165, 1.54) is 48.8 Å². The van der Waals surface area contributed by atoms with Gasteiger partial charge in [0, 0.05) is 36.5 Å². The molecule has 2 heteroatoms. The first-order valence-corrected chi connectivity index (χ1v) is 16.5. The van der Waals surface area contributed by atoms with Crippen LogP contribution < -0.4 is 0 Å². The zero-order valence-electron chi connectivity index (χ0n) is 26.4.